The molecule has 1 amide bonds. The van der Waals surface area contributed by atoms with Gasteiger partial charge in [0.15, 0.2) is 0 Å². The molecule has 2 rings (SSSR count). The normalized spacial score (nSPS) is 11.7. The summed E-state index contributed by atoms with van der Waals surface area (Å²) in [5, 5.41) is 13.8. The number of halogens is 1. The third kappa shape index (κ3) is 3.62. The first-order chi connectivity index (χ1) is 10.5. The monoisotopic (exact) mass is 318 g/mol. The molecule has 0 heterocycles. The molecule has 1 unspecified atom stereocenters. The number of hydrogen-bond donors (Lipinski definition) is 1. The van der Waals surface area contributed by atoms with Gasteiger partial charge in [-0.2, -0.15) is 0 Å². The number of nitro benzene ring substituents is 1. The smallest absolute Gasteiger partial charge is 0.271 e. The van der Waals surface area contributed by atoms with Crippen molar-refractivity contribution in [2.45, 2.75) is 19.3 Å². The summed E-state index contributed by atoms with van der Waals surface area (Å²) in [6.45, 7) is 1.91. The maximum atomic E-state index is 12.4. The van der Waals surface area contributed by atoms with Gasteiger partial charge in [0.05, 0.1) is 21.6 Å². The van der Waals surface area contributed by atoms with Crippen LogP contribution in [0.4, 0.5) is 11.4 Å². The molecule has 0 aliphatic heterocycles. The van der Waals surface area contributed by atoms with Crippen molar-refractivity contribution < 1.29 is 9.72 Å². The van der Waals surface area contributed by atoms with E-state index in [0.717, 1.165) is 5.56 Å². The maximum absolute atomic E-state index is 12.4. The first kappa shape index (κ1) is 16.0. The van der Waals surface area contributed by atoms with Crippen LogP contribution in [0.1, 0.15) is 24.8 Å². The van der Waals surface area contributed by atoms with Gasteiger partial charge in [0.1, 0.15) is 0 Å². The summed E-state index contributed by atoms with van der Waals surface area (Å²) in [5.74, 6) is -0.576. The Kier molecular flexibility index (Phi) is 5.12. The molecule has 1 atom stereocenters. The van der Waals surface area contributed by atoms with Crippen LogP contribution in [0.2, 0.25) is 5.02 Å². The van der Waals surface area contributed by atoms with Gasteiger partial charge in [0.2, 0.25) is 5.91 Å². The zero-order valence-corrected chi connectivity index (χ0v) is 12.7. The van der Waals surface area contributed by atoms with Crippen LogP contribution in [-0.4, -0.2) is 10.8 Å². The van der Waals surface area contributed by atoms with E-state index in [2.05, 4.69) is 5.32 Å². The van der Waals surface area contributed by atoms with Crippen LogP contribution < -0.4 is 5.32 Å². The van der Waals surface area contributed by atoms with Crippen molar-refractivity contribution >= 4 is 28.9 Å². The van der Waals surface area contributed by atoms with Crippen molar-refractivity contribution in [1.82, 2.24) is 0 Å². The minimum atomic E-state index is -0.527. The molecule has 0 radical (unpaired) electrons. The number of carbonyl (C=O) groups excluding carboxylic acids is 1. The van der Waals surface area contributed by atoms with E-state index >= 15 is 0 Å². The molecule has 0 aliphatic rings. The van der Waals surface area contributed by atoms with Gasteiger partial charge in [-0.3, -0.25) is 14.9 Å². The Hall–Kier alpha value is -2.40. The van der Waals surface area contributed by atoms with Crippen LogP contribution in [0, 0.1) is 10.1 Å². The second-order valence-electron chi connectivity index (χ2n) is 4.78. The summed E-state index contributed by atoms with van der Waals surface area (Å²) < 4.78 is 0. The standard InChI is InChI=1S/C16H15ClN2O3/c1-2-13(11-6-4-3-5-7-11)16(20)18-15-10-12(19(21)22)8-9-14(15)17/h3-10,13H,2H2,1H3,(H,18,20). The molecule has 22 heavy (non-hydrogen) atoms. The summed E-state index contributed by atoms with van der Waals surface area (Å²) in [5.41, 5.74) is 1.02. The Morgan fingerprint density at radius 1 is 1.27 bits per heavy atom. The Labute approximate surface area is 133 Å². The zero-order valence-electron chi connectivity index (χ0n) is 12.0. The van der Waals surface area contributed by atoms with Crippen LogP contribution in [0.5, 0.6) is 0 Å². The number of amides is 1. The molecular weight excluding hydrogens is 304 g/mol. The number of benzene rings is 2. The fraction of sp³-hybridized carbons (Fsp3) is 0.188. The molecule has 114 valence electrons. The highest BCUT2D eigenvalue weighted by Crippen LogP contribution is 2.29. The van der Waals surface area contributed by atoms with Crippen LogP contribution in [-0.2, 0) is 4.79 Å². The molecule has 0 aromatic heterocycles. The van der Waals surface area contributed by atoms with E-state index in [9.17, 15) is 14.9 Å². The van der Waals surface area contributed by atoms with Crippen LogP contribution in [0.3, 0.4) is 0 Å². The highest BCUT2D eigenvalue weighted by atomic mass is 35.5. The van der Waals surface area contributed by atoms with Gasteiger partial charge in [-0.15, -0.1) is 0 Å². The fourth-order valence-corrected chi connectivity index (χ4v) is 2.37. The third-order valence-electron chi connectivity index (χ3n) is 3.35. The van der Waals surface area contributed by atoms with Crippen molar-refractivity contribution in [1.29, 1.82) is 0 Å². The summed E-state index contributed by atoms with van der Waals surface area (Å²) in [4.78, 5) is 22.7. The van der Waals surface area contributed by atoms with Gasteiger partial charge < -0.3 is 5.32 Å². The Balaban J connectivity index is 2.24. The molecule has 1 N–H and O–H groups in total. The van der Waals surface area contributed by atoms with Crippen LogP contribution >= 0.6 is 11.6 Å². The number of rotatable bonds is 5. The van der Waals surface area contributed by atoms with Gasteiger partial charge >= 0.3 is 0 Å². The van der Waals surface area contributed by atoms with E-state index in [0.29, 0.717) is 6.42 Å². The van der Waals surface area contributed by atoms with Crippen LogP contribution in [0.15, 0.2) is 48.5 Å². The lowest BCUT2D eigenvalue weighted by atomic mass is 9.95. The number of nitrogens with one attached hydrogen (secondary N) is 1. The Morgan fingerprint density at radius 3 is 2.55 bits per heavy atom. The number of carbonyl (C=O) groups is 1. The highest BCUT2D eigenvalue weighted by Gasteiger charge is 2.20. The molecule has 0 saturated heterocycles. The van der Waals surface area contributed by atoms with Crippen molar-refractivity contribution in [3.63, 3.8) is 0 Å². The molecule has 2 aromatic carbocycles. The summed E-state index contributed by atoms with van der Waals surface area (Å²) >= 11 is 6.00. The number of nitro groups is 1. The summed E-state index contributed by atoms with van der Waals surface area (Å²) in [6.07, 6.45) is 0.613. The molecule has 0 spiro atoms. The van der Waals surface area contributed by atoms with E-state index in [-0.39, 0.29) is 28.2 Å². The summed E-state index contributed by atoms with van der Waals surface area (Å²) in [7, 11) is 0. The SMILES string of the molecule is CCC(C(=O)Nc1cc([N+](=O)[O-])ccc1Cl)c1ccccc1. The molecule has 6 heteroatoms. The van der Waals surface area contributed by atoms with Gasteiger partial charge in [-0.05, 0) is 18.1 Å². The van der Waals surface area contributed by atoms with Crippen LogP contribution in [0.25, 0.3) is 0 Å². The second-order valence-corrected chi connectivity index (χ2v) is 5.19. The molecule has 0 bridgehead atoms. The molecule has 5 nitrogen and oxygen atoms in total. The number of nitrogens with zero attached hydrogens (tertiary/aromatic N) is 1. The quantitative estimate of drug-likeness (QED) is 0.656. The average molecular weight is 319 g/mol. The molecule has 2 aromatic rings. The van der Waals surface area contributed by atoms with Crippen molar-refractivity contribution in [3.05, 3.63) is 69.2 Å². The predicted octanol–water partition coefficient (Wildman–Crippen LogP) is 4.38. The van der Waals surface area contributed by atoms with Crippen molar-refractivity contribution in [3.8, 4) is 0 Å². The number of hydrogen-bond acceptors (Lipinski definition) is 3. The van der Waals surface area contributed by atoms with Gasteiger partial charge in [0, 0.05) is 12.1 Å². The van der Waals surface area contributed by atoms with E-state index in [4.69, 9.17) is 11.6 Å². The number of anilines is 1. The van der Waals surface area contributed by atoms with E-state index < -0.39 is 4.92 Å². The first-order valence-electron chi connectivity index (χ1n) is 6.82. The van der Waals surface area contributed by atoms with Crippen molar-refractivity contribution in [2.75, 3.05) is 5.32 Å². The van der Waals surface area contributed by atoms with Gasteiger partial charge in [0.25, 0.3) is 5.69 Å². The maximum Gasteiger partial charge on any atom is 0.271 e. The molecule has 0 saturated carbocycles. The highest BCUT2D eigenvalue weighted by molar-refractivity contribution is 6.33. The predicted molar refractivity (Wildman–Crippen MR) is 86.2 cm³/mol. The first-order valence-corrected chi connectivity index (χ1v) is 7.20. The van der Waals surface area contributed by atoms with E-state index in [1.165, 1.54) is 18.2 Å². The van der Waals surface area contributed by atoms with Gasteiger partial charge in [-0.25, -0.2) is 0 Å². The lowest BCUT2D eigenvalue weighted by Gasteiger charge is -2.16. The second kappa shape index (κ2) is 7.04. The van der Waals surface area contributed by atoms with E-state index in [1.54, 1.807) is 0 Å². The largest absolute Gasteiger partial charge is 0.324 e. The molecular formula is C16H15ClN2O3. The topological polar surface area (TPSA) is 72.2 Å². The minimum Gasteiger partial charge on any atom is -0.324 e. The third-order valence-corrected chi connectivity index (χ3v) is 3.67. The van der Waals surface area contributed by atoms with Gasteiger partial charge in [-0.1, -0.05) is 48.9 Å². The fourth-order valence-electron chi connectivity index (χ4n) is 2.20. The average Bonchev–Trinajstić information content (AvgIpc) is 2.51. The lowest BCUT2D eigenvalue weighted by molar-refractivity contribution is -0.384. The Bertz CT molecular complexity index is 689. The lowest BCUT2D eigenvalue weighted by Crippen LogP contribution is -2.20. The molecule has 0 aliphatic carbocycles. The minimum absolute atomic E-state index is 0.118. The zero-order chi connectivity index (χ0) is 16.1. The number of non-ortho nitro benzene ring substituents is 1. The molecule has 0 fully saturated rings. The van der Waals surface area contributed by atoms with Crippen molar-refractivity contribution in [2.24, 2.45) is 0 Å². The Morgan fingerprint density at radius 2 is 1.95 bits per heavy atom. The van der Waals surface area contributed by atoms with E-state index in [1.807, 2.05) is 37.3 Å². The summed E-state index contributed by atoms with van der Waals surface area (Å²) in [6, 6.07) is 13.3.